The Hall–Kier alpha value is -3.12. The molecule has 2 aromatic carbocycles. The standard InChI is InChI=1S/C20H18ClN3O3/c1-13-7-8-14(21)9-16(13)23-19(25)11-24-12-22-17(10-20(24)26)15-5-3-4-6-18(15)27-2/h3-10,12H,11H2,1-2H3,(H,23,25). The fourth-order valence-corrected chi connectivity index (χ4v) is 2.79. The number of rotatable bonds is 5. The first kappa shape index (κ1) is 18.7. The zero-order valence-corrected chi connectivity index (χ0v) is 15.7. The second-order valence-corrected chi connectivity index (χ2v) is 6.38. The van der Waals surface area contributed by atoms with Gasteiger partial charge in [0.25, 0.3) is 5.56 Å². The highest BCUT2D eigenvalue weighted by molar-refractivity contribution is 6.31. The number of benzene rings is 2. The normalized spacial score (nSPS) is 10.5. The summed E-state index contributed by atoms with van der Waals surface area (Å²) in [5, 5.41) is 3.28. The van der Waals surface area contributed by atoms with Crippen LogP contribution >= 0.6 is 11.6 Å². The third-order valence-electron chi connectivity index (χ3n) is 4.05. The number of hydrogen-bond acceptors (Lipinski definition) is 4. The Balaban J connectivity index is 1.79. The number of hydrogen-bond donors (Lipinski definition) is 1. The summed E-state index contributed by atoms with van der Waals surface area (Å²) < 4.78 is 6.54. The predicted octanol–water partition coefficient (Wildman–Crippen LogP) is 3.52. The van der Waals surface area contributed by atoms with Gasteiger partial charge < -0.3 is 10.1 Å². The molecule has 0 saturated carbocycles. The van der Waals surface area contributed by atoms with Gasteiger partial charge in [0.1, 0.15) is 12.3 Å². The zero-order valence-electron chi connectivity index (χ0n) is 14.9. The monoisotopic (exact) mass is 383 g/mol. The number of methoxy groups -OCH3 is 1. The maximum Gasteiger partial charge on any atom is 0.254 e. The Labute approximate surface area is 161 Å². The summed E-state index contributed by atoms with van der Waals surface area (Å²) in [6, 6.07) is 13.9. The number of ether oxygens (including phenoxy) is 1. The number of nitrogens with zero attached hydrogens (tertiary/aromatic N) is 2. The van der Waals surface area contributed by atoms with Gasteiger partial charge in [-0.3, -0.25) is 14.2 Å². The van der Waals surface area contributed by atoms with E-state index in [2.05, 4.69) is 10.3 Å². The summed E-state index contributed by atoms with van der Waals surface area (Å²) in [6.07, 6.45) is 1.36. The summed E-state index contributed by atoms with van der Waals surface area (Å²) in [4.78, 5) is 29.0. The van der Waals surface area contributed by atoms with Gasteiger partial charge >= 0.3 is 0 Å². The number of amides is 1. The Morgan fingerprint density at radius 2 is 2.00 bits per heavy atom. The van der Waals surface area contributed by atoms with Gasteiger partial charge in [-0.2, -0.15) is 0 Å². The predicted molar refractivity (Wildman–Crippen MR) is 105 cm³/mol. The van der Waals surface area contributed by atoms with Crippen molar-refractivity contribution >= 4 is 23.2 Å². The van der Waals surface area contributed by atoms with E-state index < -0.39 is 0 Å². The van der Waals surface area contributed by atoms with Crippen molar-refractivity contribution in [2.45, 2.75) is 13.5 Å². The molecule has 3 aromatic rings. The van der Waals surface area contributed by atoms with E-state index in [9.17, 15) is 9.59 Å². The molecule has 0 aliphatic rings. The second-order valence-electron chi connectivity index (χ2n) is 5.95. The zero-order chi connectivity index (χ0) is 19.4. The molecule has 27 heavy (non-hydrogen) atoms. The molecule has 1 heterocycles. The van der Waals surface area contributed by atoms with Crippen molar-refractivity contribution in [2.75, 3.05) is 12.4 Å². The van der Waals surface area contributed by atoms with Crippen LogP contribution in [-0.2, 0) is 11.3 Å². The third kappa shape index (κ3) is 4.35. The molecule has 1 amide bonds. The highest BCUT2D eigenvalue weighted by Gasteiger charge is 2.11. The first-order valence-corrected chi connectivity index (χ1v) is 8.61. The van der Waals surface area contributed by atoms with E-state index >= 15 is 0 Å². The van der Waals surface area contributed by atoms with Crippen LogP contribution in [0.2, 0.25) is 5.02 Å². The average Bonchev–Trinajstić information content (AvgIpc) is 2.66. The molecule has 0 spiro atoms. The van der Waals surface area contributed by atoms with E-state index in [1.165, 1.54) is 17.0 Å². The molecule has 1 aromatic heterocycles. The van der Waals surface area contributed by atoms with Gasteiger partial charge in [0, 0.05) is 22.3 Å². The summed E-state index contributed by atoms with van der Waals surface area (Å²) in [6.45, 7) is 1.71. The Morgan fingerprint density at radius 1 is 1.22 bits per heavy atom. The molecule has 0 bridgehead atoms. The minimum absolute atomic E-state index is 0.149. The lowest BCUT2D eigenvalue weighted by molar-refractivity contribution is -0.116. The van der Waals surface area contributed by atoms with Crippen LogP contribution in [0.25, 0.3) is 11.3 Å². The molecule has 3 rings (SSSR count). The van der Waals surface area contributed by atoms with Crippen LogP contribution in [0.5, 0.6) is 5.75 Å². The fraction of sp³-hybridized carbons (Fsp3) is 0.150. The number of halogens is 1. The maximum absolute atomic E-state index is 12.4. The number of anilines is 1. The van der Waals surface area contributed by atoms with E-state index in [1.807, 2.05) is 31.2 Å². The lowest BCUT2D eigenvalue weighted by Crippen LogP contribution is -2.27. The van der Waals surface area contributed by atoms with Gasteiger partial charge in [-0.1, -0.05) is 29.8 Å². The van der Waals surface area contributed by atoms with Gasteiger partial charge in [0.2, 0.25) is 5.91 Å². The van der Waals surface area contributed by atoms with Crippen molar-refractivity contribution in [2.24, 2.45) is 0 Å². The van der Waals surface area contributed by atoms with E-state index in [4.69, 9.17) is 16.3 Å². The lowest BCUT2D eigenvalue weighted by Gasteiger charge is -2.11. The number of carbonyl (C=O) groups excluding carboxylic acids is 1. The Kier molecular flexibility index (Phi) is 5.57. The van der Waals surface area contributed by atoms with Crippen molar-refractivity contribution in [3.63, 3.8) is 0 Å². The van der Waals surface area contributed by atoms with E-state index in [-0.39, 0.29) is 18.0 Å². The Morgan fingerprint density at radius 3 is 2.74 bits per heavy atom. The van der Waals surface area contributed by atoms with E-state index in [0.717, 1.165) is 5.56 Å². The molecular formula is C20H18ClN3O3. The second kappa shape index (κ2) is 8.05. The average molecular weight is 384 g/mol. The van der Waals surface area contributed by atoms with Gasteiger partial charge in [0.15, 0.2) is 0 Å². The molecule has 7 heteroatoms. The SMILES string of the molecule is COc1ccccc1-c1cc(=O)n(CC(=O)Nc2cc(Cl)ccc2C)cn1. The van der Waals surface area contributed by atoms with Crippen molar-refractivity contribution in [1.82, 2.24) is 9.55 Å². The van der Waals surface area contributed by atoms with Crippen LogP contribution < -0.4 is 15.6 Å². The minimum Gasteiger partial charge on any atom is -0.496 e. The van der Waals surface area contributed by atoms with E-state index in [0.29, 0.717) is 27.7 Å². The van der Waals surface area contributed by atoms with Crippen molar-refractivity contribution in [3.05, 3.63) is 75.8 Å². The van der Waals surface area contributed by atoms with Crippen LogP contribution in [0.15, 0.2) is 59.7 Å². The van der Waals surface area contributed by atoms with Crippen molar-refractivity contribution in [1.29, 1.82) is 0 Å². The summed E-state index contributed by atoms with van der Waals surface area (Å²) >= 11 is 5.96. The molecule has 6 nitrogen and oxygen atoms in total. The molecular weight excluding hydrogens is 366 g/mol. The van der Waals surface area contributed by atoms with Crippen LogP contribution in [0.4, 0.5) is 5.69 Å². The highest BCUT2D eigenvalue weighted by atomic mass is 35.5. The van der Waals surface area contributed by atoms with Gasteiger partial charge in [-0.25, -0.2) is 4.98 Å². The number of nitrogens with one attached hydrogen (secondary N) is 1. The molecule has 0 saturated heterocycles. The quantitative estimate of drug-likeness (QED) is 0.731. The van der Waals surface area contributed by atoms with Crippen molar-refractivity contribution < 1.29 is 9.53 Å². The number of carbonyl (C=O) groups is 1. The van der Waals surface area contributed by atoms with Crippen LogP contribution in [0.3, 0.4) is 0 Å². The number of aromatic nitrogens is 2. The number of para-hydroxylation sites is 1. The van der Waals surface area contributed by atoms with Gasteiger partial charge in [-0.05, 0) is 36.8 Å². The molecule has 0 unspecified atom stereocenters. The fourth-order valence-electron chi connectivity index (χ4n) is 2.62. The topological polar surface area (TPSA) is 73.2 Å². The molecule has 0 aliphatic carbocycles. The molecule has 1 N–H and O–H groups in total. The summed E-state index contributed by atoms with van der Waals surface area (Å²) in [7, 11) is 1.56. The first-order chi connectivity index (χ1) is 13.0. The highest BCUT2D eigenvalue weighted by Crippen LogP contribution is 2.26. The molecule has 0 fully saturated rings. The third-order valence-corrected chi connectivity index (χ3v) is 4.29. The smallest absolute Gasteiger partial charge is 0.254 e. The molecule has 0 radical (unpaired) electrons. The summed E-state index contributed by atoms with van der Waals surface area (Å²) in [5.41, 5.74) is 2.36. The van der Waals surface area contributed by atoms with Crippen molar-refractivity contribution in [3.8, 4) is 17.0 Å². The lowest BCUT2D eigenvalue weighted by atomic mass is 10.1. The van der Waals surface area contributed by atoms with Crippen LogP contribution in [0.1, 0.15) is 5.56 Å². The summed E-state index contributed by atoms with van der Waals surface area (Å²) in [5.74, 6) is 0.283. The number of aryl methyl sites for hydroxylation is 1. The Bertz CT molecular complexity index is 1050. The first-order valence-electron chi connectivity index (χ1n) is 8.24. The molecule has 0 aliphatic heterocycles. The van der Waals surface area contributed by atoms with Gasteiger partial charge in [-0.15, -0.1) is 0 Å². The minimum atomic E-state index is -0.339. The van der Waals surface area contributed by atoms with Crippen LogP contribution in [-0.4, -0.2) is 22.6 Å². The molecule has 0 atom stereocenters. The maximum atomic E-state index is 12.4. The van der Waals surface area contributed by atoms with E-state index in [1.54, 1.807) is 25.3 Å². The van der Waals surface area contributed by atoms with Crippen LogP contribution in [0, 0.1) is 6.92 Å². The largest absolute Gasteiger partial charge is 0.496 e. The molecule has 138 valence electrons. The van der Waals surface area contributed by atoms with Gasteiger partial charge in [0.05, 0.1) is 19.1 Å².